The molecular formula is C18H32N2. The van der Waals surface area contributed by atoms with E-state index in [0.29, 0.717) is 17.9 Å². The normalized spacial score (nSPS) is 13.4. The predicted molar refractivity (Wildman–Crippen MR) is 89.0 cm³/mol. The number of hydrogen-bond donors (Lipinski definition) is 2. The lowest BCUT2D eigenvalue weighted by atomic mass is 9.86. The average molecular weight is 276 g/mol. The van der Waals surface area contributed by atoms with Crippen LogP contribution in [0.5, 0.6) is 0 Å². The summed E-state index contributed by atoms with van der Waals surface area (Å²) in [7, 11) is 0. The molecule has 0 aromatic heterocycles. The first kappa shape index (κ1) is 17.2. The van der Waals surface area contributed by atoms with Gasteiger partial charge in [0.25, 0.3) is 0 Å². The molecule has 20 heavy (non-hydrogen) atoms. The van der Waals surface area contributed by atoms with Gasteiger partial charge < -0.3 is 11.1 Å². The summed E-state index contributed by atoms with van der Waals surface area (Å²) in [4.78, 5) is 0. The van der Waals surface area contributed by atoms with Gasteiger partial charge in [-0.05, 0) is 17.4 Å². The van der Waals surface area contributed by atoms with E-state index < -0.39 is 0 Å². The molecule has 2 nitrogen and oxygen atoms in total. The highest BCUT2D eigenvalue weighted by Crippen LogP contribution is 2.23. The molecule has 1 rings (SSSR count). The van der Waals surface area contributed by atoms with Crippen molar-refractivity contribution in [2.45, 2.75) is 52.4 Å². The Morgan fingerprint density at radius 1 is 1.15 bits per heavy atom. The topological polar surface area (TPSA) is 38.0 Å². The molecule has 1 aromatic carbocycles. The number of nitrogens with one attached hydrogen (secondary N) is 1. The smallest absolute Gasteiger partial charge is 0.00863 e. The third-order valence-electron chi connectivity index (χ3n) is 4.01. The molecule has 0 spiro atoms. The molecular weight excluding hydrogens is 244 g/mol. The molecule has 0 heterocycles. The predicted octanol–water partition coefficient (Wildman–Crippen LogP) is 3.93. The van der Waals surface area contributed by atoms with Gasteiger partial charge in [0.1, 0.15) is 0 Å². The van der Waals surface area contributed by atoms with E-state index in [-0.39, 0.29) is 0 Å². The SMILES string of the molecule is CCCCCC(C)(C)CNCC(CN)c1ccccc1. The lowest BCUT2D eigenvalue weighted by molar-refractivity contribution is 0.300. The average Bonchev–Trinajstić information content (AvgIpc) is 2.45. The Morgan fingerprint density at radius 2 is 1.85 bits per heavy atom. The molecule has 1 atom stereocenters. The minimum absolute atomic E-state index is 0.380. The van der Waals surface area contributed by atoms with Crippen LogP contribution in [0.1, 0.15) is 57.9 Å². The second-order valence-electron chi connectivity index (χ2n) is 6.60. The molecule has 3 N–H and O–H groups in total. The van der Waals surface area contributed by atoms with Crippen LogP contribution in [0.15, 0.2) is 30.3 Å². The highest BCUT2D eigenvalue weighted by molar-refractivity contribution is 5.20. The molecule has 0 fully saturated rings. The first-order valence-corrected chi connectivity index (χ1v) is 8.05. The van der Waals surface area contributed by atoms with Crippen LogP contribution in [-0.2, 0) is 0 Å². The van der Waals surface area contributed by atoms with Crippen molar-refractivity contribution in [3.63, 3.8) is 0 Å². The highest BCUT2D eigenvalue weighted by Gasteiger charge is 2.17. The van der Waals surface area contributed by atoms with Crippen LogP contribution >= 0.6 is 0 Å². The quantitative estimate of drug-likeness (QED) is 0.636. The second kappa shape index (κ2) is 9.15. The Labute approximate surface area is 125 Å². The van der Waals surface area contributed by atoms with Crippen molar-refractivity contribution in [1.82, 2.24) is 5.32 Å². The van der Waals surface area contributed by atoms with Crippen molar-refractivity contribution in [3.8, 4) is 0 Å². The molecule has 0 aliphatic heterocycles. The van der Waals surface area contributed by atoms with Gasteiger partial charge >= 0.3 is 0 Å². The third kappa shape index (κ3) is 6.53. The number of benzene rings is 1. The summed E-state index contributed by atoms with van der Waals surface area (Å²) in [5.74, 6) is 0.419. The number of hydrogen-bond acceptors (Lipinski definition) is 2. The Morgan fingerprint density at radius 3 is 2.45 bits per heavy atom. The number of unbranched alkanes of at least 4 members (excludes halogenated alkanes) is 2. The maximum atomic E-state index is 5.91. The van der Waals surface area contributed by atoms with Gasteiger partial charge in [0.2, 0.25) is 0 Å². The van der Waals surface area contributed by atoms with Crippen molar-refractivity contribution in [2.24, 2.45) is 11.1 Å². The van der Waals surface area contributed by atoms with Crippen LogP contribution in [0, 0.1) is 5.41 Å². The summed E-state index contributed by atoms with van der Waals surface area (Å²) in [6.45, 7) is 9.72. The van der Waals surface area contributed by atoms with Crippen molar-refractivity contribution in [3.05, 3.63) is 35.9 Å². The zero-order valence-electron chi connectivity index (χ0n) is 13.5. The zero-order valence-corrected chi connectivity index (χ0v) is 13.5. The molecule has 114 valence electrons. The van der Waals surface area contributed by atoms with Crippen LogP contribution in [0.4, 0.5) is 0 Å². The highest BCUT2D eigenvalue weighted by atomic mass is 14.9. The van der Waals surface area contributed by atoms with Crippen LogP contribution in [0.3, 0.4) is 0 Å². The Balaban J connectivity index is 2.34. The summed E-state index contributed by atoms with van der Waals surface area (Å²) >= 11 is 0. The molecule has 0 aliphatic rings. The van der Waals surface area contributed by atoms with Gasteiger partial charge in [0, 0.05) is 25.6 Å². The maximum Gasteiger partial charge on any atom is 0.00863 e. The largest absolute Gasteiger partial charge is 0.330 e. The van der Waals surface area contributed by atoms with Crippen molar-refractivity contribution in [1.29, 1.82) is 0 Å². The fourth-order valence-electron chi connectivity index (χ4n) is 2.59. The molecule has 0 saturated heterocycles. The van der Waals surface area contributed by atoms with Gasteiger partial charge in [0.15, 0.2) is 0 Å². The van der Waals surface area contributed by atoms with Crippen molar-refractivity contribution >= 4 is 0 Å². The van der Waals surface area contributed by atoms with E-state index in [9.17, 15) is 0 Å². The molecule has 1 unspecified atom stereocenters. The molecule has 1 aromatic rings. The van der Waals surface area contributed by atoms with Crippen molar-refractivity contribution in [2.75, 3.05) is 19.6 Å². The third-order valence-corrected chi connectivity index (χ3v) is 4.01. The monoisotopic (exact) mass is 276 g/mol. The van der Waals surface area contributed by atoms with Crippen molar-refractivity contribution < 1.29 is 0 Å². The molecule has 2 heteroatoms. The molecule has 0 aliphatic carbocycles. The van der Waals surface area contributed by atoms with E-state index in [1.165, 1.54) is 31.2 Å². The summed E-state index contributed by atoms with van der Waals surface area (Å²) in [5.41, 5.74) is 7.63. The van der Waals surface area contributed by atoms with Crippen LogP contribution in [-0.4, -0.2) is 19.6 Å². The Hall–Kier alpha value is -0.860. The maximum absolute atomic E-state index is 5.91. The Bertz CT molecular complexity index is 346. The minimum atomic E-state index is 0.380. The first-order chi connectivity index (χ1) is 9.59. The molecule has 0 radical (unpaired) electrons. The zero-order chi connectivity index (χ0) is 14.8. The van der Waals surface area contributed by atoms with Crippen LogP contribution in [0.2, 0.25) is 0 Å². The van der Waals surface area contributed by atoms with Gasteiger partial charge in [-0.2, -0.15) is 0 Å². The van der Waals surface area contributed by atoms with E-state index in [1.807, 2.05) is 0 Å². The minimum Gasteiger partial charge on any atom is -0.330 e. The summed E-state index contributed by atoms with van der Waals surface area (Å²) in [6.07, 6.45) is 5.28. The van der Waals surface area contributed by atoms with E-state index in [1.54, 1.807) is 0 Å². The van der Waals surface area contributed by atoms with Gasteiger partial charge in [0.05, 0.1) is 0 Å². The lowest BCUT2D eigenvalue weighted by Crippen LogP contribution is -2.34. The van der Waals surface area contributed by atoms with Gasteiger partial charge in [-0.1, -0.05) is 70.4 Å². The van der Waals surface area contributed by atoms with E-state index >= 15 is 0 Å². The molecule has 0 saturated carbocycles. The van der Waals surface area contributed by atoms with Gasteiger partial charge in [-0.25, -0.2) is 0 Å². The second-order valence-corrected chi connectivity index (χ2v) is 6.60. The first-order valence-electron chi connectivity index (χ1n) is 8.05. The van der Waals surface area contributed by atoms with Crippen LogP contribution in [0.25, 0.3) is 0 Å². The summed E-state index contributed by atoms with van der Waals surface area (Å²) in [6, 6.07) is 10.6. The van der Waals surface area contributed by atoms with Crippen LogP contribution < -0.4 is 11.1 Å². The van der Waals surface area contributed by atoms with E-state index in [0.717, 1.165) is 13.1 Å². The van der Waals surface area contributed by atoms with E-state index in [4.69, 9.17) is 5.73 Å². The fourth-order valence-corrected chi connectivity index (χ4v) is 2.59. The van der Waals surface area contributed by atoms with E-state index in [2.05, 4.69) is 56.4 Å². The molecule has 0 bridgehead atoms. The number of rotatable bonds is 10. The lowest BCUT2D eigenvalue weighted by Gasteiger charge is -2.26. The summed E-state index contributed by atoms with van der Waals surface area (Å²) < 4.78 is 0. The fraction of sp³-hybridized carbons (Fsp3) is 0.667. The molecule has 0 amide bonds. The summed E-state index contributed by atoms with van der Waals surface area (Å²) in [5, 5.41) is 3.62. The number of nitrogens with two attached hydrogens (primary N) is 1. The van der Waals surface area contributed by atoms with Gasteiger partial charge in [-0.15, -0.1) is 0 Å². The van der Waals surface area contributed by atoms with Gasteiger partial charge in [-0.3, -0.25) is 0 Å². The Kier molecular flexibility index (Phi) is 7.86. The standard InChI is InChI=1S/C18H32N2/c1-4-5-9-12-18(2,3)15-20-14-17(13-19)16-10-7-6-8-11-16/h6-8,10-11,17,20H,4-5,9,12-15,19H2,1-3H3.